The quantitative estimate of drug-likeness (QED) is 0.262. The van der Waals surface area contributed by atoms with E-state index < -0.39 is 0 Å². The average Bonchev–Trinajstić information content (AvgIpc) is 2.94. The number of rotatable bonds is 8. The van der Waals surface area contributed by atoms with Crippen molar-refractivity contribution in [2.24, 2.45) is 0 Å². The summed E-state index contributed by atoms with van der Waals surface area (Å²) in [5.74, 6) is 0. The van der Waals surface area contributed by atoms with Gasteiger partial charge in [0.15, 0.2) is 37.9 Å². The minimum absolute atomic E-state index is 0. The Hall–Kier alpha value is -3.96. The molecule has 198 valence electrons. The fourth-order valence-corrected chi connectivity index (χ4v) is 4.74. The van der Waals surface area contributed by atoms with Gasteiger partial charge in [-0.1, -0.05) is 66.7 Å². The van der Waals surface area contributed by atoms with Crippen LogP contribution in [0.15, 0.2) is 122 Å². The third-order valence-corrected chi connectivity index (χ3v) is 6.97. The summed E-state index contributed by atoms with van der Waals surface area (Å²) in [7, 11) is 8.27. The van der Waals surface area contributed by atoms with Crippen LogP contribution in [0.4, 0.5) is 11.4 Å². The largest absolute Gasteiger partial charge is 1.00 e. The molecule has 2 aromatic heterocycles. The van der Waals surface area contributed by atoms with E-state index in [-0.39, 0.29) is 17.0 Å². The van der Waals surface area contributed by atoms with Gasteiger partial charge in [-0.2, -0.15) is 0 Å². The summed E-state index contributed by atoms with van der Waals surface area (Å²) in [4.78, 5) is 4.24. The lowest BCUT2D eigenvalue weighted by Gasteiger charge is -2.12. The van der Waals surface area contributed by atoms with Crippen molar-refractivity contribution in [1.82, 2.24) is 0 Å². The number of nitrogens with zero attached hydrogens (tertiary/aromatic N) is 4. The van der Waals surface area contributed by atoms with Crippen molar-refractivity contribution in [2.75, 3.05) is 38.0 Å². The molecule has 2 heterocycles. The number of aromatic nitrogens is 2. The molecule has 0 saturated heterocycles. The fourth-order valence-electron chi connectivity index (χ4n) is 4.74. The van der Waals surface area contributed by atoms with Gasteiger partial charge in [0.1, 0.15) is 0 Å². The molecule has 0 unspecified atom stereocenters. The Morgan fingerprint density at radius 3 is 1.64 bits per heavy atom. The highest BCUT2D eigenvalue weighted by atomic mass is 79.9. The molecule has 0 fully saturated rings. The topological polar surface area (TPSA) is 14.2 Å². The first-order chi connectivity index (χ1) is 18.5. The van der Waals surface area contributed by atoms with Crippen LogP contribution in [-0.2, 0) is 13.1 Å². The fraction of sp³-hybridized carbons (Fsp3) is 0.176. The summed E-state index contributed by atoms with van der Waals surface area (Å²) in [5, 5.41) is 0. The Morgan fingerprint density at radius 1 is 0.513 bits per heavy atom. The van der Waals surface area contributed by atoms with Gasteiger partial charge in [0, 0.05) is 75.0 Å². The summed E-state index contributed by atoms with van der Waals surface area (Å²) in [6, 6.07) is 35.1. The second kappa shape index (κ2) is 12.7. The second-order valence-corrected chi connectivity index (χ2v) is 10.2. The van der Waals surface area contributed by atoms with Crippen molar-refractivity contribution in [2.45, 2.75) is 13.1 Å². The Bertz CT molecular complexity index is 1490. The predicted octanol–water partition coefficient (Wildman–Crippen LogP) is 2.83. The van der Waals surface area contributed by atoms with Gasteiger partial charge >= 0.3 is 0 Å². The monoisotopic (exact) mass is 579 g/mol. The lowest BCUT2D eigenvalue weighted by atomic mass is 9.96. The van der Waals surface area contributed by atoms with Crippen LogP contribution in [0.2, 0.25) is 0 Å². The van der Waals surface area contributed by atoms with Gasteiger partial charge in [-0.15, -0.1) is 0 Å². The van der Waals surface area contributed by atoms with Crippen LogP contribution in [0.25, 0.3) is 22.3 Å². The van der Waals surface area contributed by atoms with Crippen LogP contribution < -0.4 is 35.9 Å². The van der Waals surface area contributed by atoms with E-state index >= 15 is 0 Å². The Balaban J connectivity index is 0.00000353. The molecule has 0 amide bonds. The molecule has 0 aliphatic heterocycles. The molecule has 5 heteroatoms. The van der Waals surface area contributed by atoms with E-state index in [0.29, 0.717) is 0 Å². The second-order valence-electron chi connectivity index (χ2n) is 10.2. The molecule has 0 atom stereocenters. The van der Waals surface area contributed by atoms with Crippen molar-refractivity contribution >= 4 is 11.4 Å². The molecule has 0 radical (unpaired) electrons. The summed E-state index contributed by atoms with van der Waals surface area (Å²) >= 11 is 0. The summed E-state index contributed by atoms with van der Waals surface area (Å²) < 4.78 is 4.45. The van der Waals surface area contributed by atoms with E-state index in [0.717, 1.165) is 13.1 Å². The Kier molecular flexibility index (Phi) is 9.15. The zero-order chi connectivity index (χ0) is 26.5. The summed E-state index contributed by atoms with van der Waals surface area (Å²) in [6.07, 6.45) is 8.58. The molecule has 5 rings (SSSR count). The van der Waals surface area contributed by atoms with Gasteiger partial charge in [0.25, 0.3) is 0 Å². The minimum Gasteiger partial charge on any atom is -1.00 e. The molecule has 0 spiro atoms. The van der Waals surface area contributed by atoms with E-state index in [1.54, 1.807) is 0 Å². The first-order valence-corrected chi connectivity index (χ1v) is 13.1. The standard InChI is InChI=1S/C34H36N4.BrH/c1-35(2)32-16-20-37(21-17-32)25-27-8-7-10-30(24-27)28-12-14-29(15-13-28)34-11-6-5-9-31(34)26-38-22-18-33(19-23-38)36(3)4;/h5-24H,25-26H2,1-4H3;1H/q+2;/p-1. The number of hydrogen-bond acceptors (Lipinski definition) is 2. The molecule has 0 aliphatic carbocycles. The van der Waals surface area contributed by atoms with Crippen molar-refractivity contribution in [1.29, 1.82) is 0 Å². The molecule has 4 nitrogen and oxygen atoms in total. The van der Waals surface area contributed by atoms with Crippen LogP contribution in [0, 0.1) is 0 Å². The molecular weight excluding hydrogens is 544 g/mol. The summed E-state index contributed by atoms with van der Waals surface area (Å²) in [5.41, 5.74) is 9.99. The lowest BCUT2D eigenvalue weighted by Crippen LogP contribution is -3.00. The van der Waals surface area contributed by atoms with E-state index in [9.17, 15) is 0 Å². The predicted molar refractivity (Wildman–Crippen MR) is 157 cm³/mol. The Labute approximate surface area is 243 Å². The number of anilines is 2. The first kappa shape index (κ1) is 28.1. The first-order valence-electron chi connectivity index (χ1n) is 13.1. The van der Waals surface area contributed by atoms with E-state index in [4.69, 9.17) is 0 Å². The molecule has 3 aromatic carbocycles. The number of hydrogen-bond donors (Lipinski definition) is 0. The minimum atomic E-state index is 0. The smallest absolute Gasteiger partial charge is 0.174 e. The third-order valence-electron chi connectivity index (χ3n) is 6.97. The van der Waals surface area contributed by atoms with Crippen LogP contribution in [0.3, 0.4) is 0 Å². The molecular formula is C34H36BrN4+. The van der Waals surface area contributed by atoms with Crippen LogP contribution >= 0.6 is 0 Å². The summed E-state index contributed by atoms with van der Waals surface area (Å²) in [6.45, 7) is 1.68. The van der Waals surface area contributed by atoms with Gasteiger partial charge < -0.3 is 26.8 Å². The maximum Gasteiger partial charge on any atom is 0.174 e. The van der Waals surface area contributed by atoms with E-state index in [1.165, 1.54) is 44.8 Å². The van der Waals surface area contributed by atoms with Gasteiger partial charge in [0.2, 0.25) is 0 Å². The normalized spacial score (nSPS) is 10.6. The van der Waals surface area contributed by atoms with Crippen molar-refractivity contribution in [3.05, 3.63) is 133 Å². The molecule has 0 saturated carbocycles. The highest BCUT2D eigenvalue weighted by molar-refractivity contribution is 5.72. The van der Waals surface area contributed by atoms with Crippen LogP contribution in [0.5, 0.6) is 0 Å². The molecule has 0 N–H and O–H groups in total. The number of benzene rings is 3. The van der Waals surface area contributed by atoms with Crippen LogP contribution in [-0.4, -0.2) is 28.2 Å². The number of halogens is 1. The van der Waals surface area contributed by atoms with Gasteiger partial charge in [0.05, 0.1) is 0 Å². The maximum atomic E-state index is 2.30. The van der Waals surface area contributed by atoms with Crippen LogP contribution in [0.1, 0.15) is 11.1 Å². The number of pyridine rings is 2. The molecule has 39 heavy (non-hydrogen) atoms. The maximum absolute atomic E-state index is 2.30. The van der Waals surface area contributed by atoms with Crippen molar-refractivity contribution < 1.29 is 26.1 Å². The zero-order valence-corrected chi connectivity index (χ0v) is 24.7. The molecule has 5 aromatic rings. The van der Waals surface area contributed by atoms with Gasteiger partial charge in [-0.25, -0.2) is 9.13 Å². The average molecular weight is 581 g/mol. The van der Waals surface area contributed by atoms with E-state index in [1.807, 2.05) is 0 Å². The van der Waals surface area contributed by atoms with Crippen molar-refractivity contribution in [3.63, 3.8) is 0 Å². The highest BCUT2D eigenvalue weighted by Crippen LogP contribution is 2.28. The lowest BCUT2D eigenvalue weighted by molar-refractivity contribution is -0.688. The SMILES string of the molecule is CN(C)c1cc[n+](Cc2cccc(-c3ccc(-c4ccccc4C[n+]4ccc(N(C)C)cc4)cc3)c2)cc1.[Br-]. The molecule has 0 aliphatic rings. The third kappa shape index (κ3) is 6.92. The Morgan fingerprint density at radius 2 is 1.05 bits per heavy atom. The van der Waals surface area contributed by atoms with Gasteiger partial charge in [-0.3, -0.25) is 0 Å². The zero-order valence-electron chi connectivity index (χ0n) is 23.1. The molecule has 0 bridgehead atoms. The van der Waals surface area contributed by atoms with Gasteiger partial charge in [-0.05, 0) is 28.3 Å². The highest BCUT2D eigenvalue weighted by Gasteiger charge is 2.11. The van der Waals surface area contributed by atoms with Crippen molar-refractivity contribution in [3.8, 4) is 22.3 Å². The van der Waals surface area contributed by atoms with E-state index in [2.05, 4.69) is 169 Å².